The maximum absolute atomic E-state index is 7.00. The van der Waals surface area contributed by atoms with E-state index in [9.17, 15) is 0 Å². The van der Waals surface area contributed by atoms with Crippen LogP contribution in [0.4, 0.5) is 5.82 Å². The van der Waals surface area contributed by atoms with Crippen molar-refractivity contribution in [2.24, 2.45) is 0 Å². The number of hydrogen-bond donors (Lipinski definition) is 1. The van der Waals surface area contributed by atoms with E-state index in [4.69, 9.17) is 5.11 Å². The van der Waals surface area contributed by atoms with Gasteiger partial charge in [0.25, 0.3) is 0 Å². The summed E-state index contributed by atoms with van der Waals surface area (Å²) in [6, 6.07) is 0. The van der Waals surface area contributed by atoms with Gasteiger partial charge in [0.15, 0.2) is 0 Å². The molecule has 0 amide bonds. The first-order valence-electron chi connectivity index (χ1n) is 4.84. The van der Waals surface area contributed by atoms with Crippen LogP contribution in [0.3, 0.4) is 0 Å². The number of nitrogens with zero attached hydrogens (tertiary/aromatic N) is 3. The molecular weight excluding hydrogens is 178 g/mol. The van der Waals surface area contributed by atoms with E-state index < -0.39 is 0 Å². The summed E-state index contributed by atoms with van der Waals surface area (Å²) in [6.45, 7) is 4.25. The predicted octanol–water partition coefficient (Wildman–Crippen LogP) is 0.994. The lowest BCUT2D eigenvalue weighted by atomic mass is 10.4. The number of aliphatic hydroxyl groups excluding tert-OH is 1. The second-order valence-electron chi connectivity index (χ2n) is 3.21. The molecule has 0 aromatic carbocycles. The Balaban J connectivity index is 0.000000461. The number of aromatic nitrogens is 2. The third-order valence-corrected chi connectivity index (χ3v) is 2.17. The zero-order valence-electron chi connectivity index (χ0n) is 8.77. The van der Waals surface area contributed by atoms with E-state index in [1.807, 2.05) is 13.1 Å². The normalized spacial score (nSPS) is 14.9. The van der Waals surface area contributed by atoms with Crippen molar-refractivity contribution in [3.63, 3.8) is 0 Å². The Bertz CT molecular complexity index is 272. The van der Waals surface area contributed by atoms with Crippen molar-refractivity contribution in [2.45, 2.75) is 19.8 Å². The molecule has 14 heavy (non-hydrogen) atoms. The molecule has 0 aliphatic carbocycles. The minimum Gasteiger partial charge on any atom is -0.400 e. The smallest absolute Gasteiger partial charge is 0.147 e. The summed E-state index contributed by atoms with van der Waals surface area (Å²) in [5, 5.41) is 7.00. The lowest BCUT2D eigenvalue weighted by Crippen LogP contribution is -2.19. The van der Waals surface area contributed by atoms with Gasteiger partial charge in [-0.25, -0.2) is 4.98 Å². The van der Waals surface area contributed by atoms with Gasteiger partial charge in [0.2, 0.25) is 0 Å². The largest absolute Gasteiger partial charge is 0.400 e. The van der Waals surface area contributed by atoms with Crippen molar-refractivity contribution >= 4 is 5.82 Å². The number of aryl methyl sites for hydroxylation is 1. The highest BCUT2D eigenvalue weighted by Gasteiger charge is 2.13. The Morgan fingerprint density at radius 1 is 1.21 bits per heavy atom. The van der Waals surface area contributed by atoms with Crippen LogP contribution in [0.2, 0.25) is 0 Å². The molecule has 1 aliphatic rings. The highest BCUT2D eigenvalue weighted by molar-refractivity contribution is 5.36. The van der Waals surface area contributed by atoms with Gasteiger partial charge in [0.1, 0.15) is 5.82 Å². The van der Waals surface area contributed by atoms with E-state index >= 15 is 0 Å². The molecule has 2 heterocycles. The van der Waals surface area contributed by atoms with Crippen LogP contribution in [-0.2, 0) is 0 Å². The first kappa shape index (κ1) is 10.9. The number of aliphatic hydroxyl groups is 1. The molecule has 4 heteroatoms. The number of anilines is 1. The Morgan fingerprint density at radius 2 is 1.86 bits per heavy atom. The van der Waals surface area contributed by atoms with E-state index in [1.54, 1.807) is 6.20 Å². The second-order valence-corrected chi connectivity index (χ2v) is 3.21. The fraction of sp³-hybridized carbons (Fsp3) is 0.600. The van der Waals surface area contributed by atoms with Gasteiger partial charge in [0.05, 0.1) is 11.9 Å². The van der Waals surface area contributed by atoms with Crippen molar-refractivity contribution in [3.8, 4) is 0 Å². The average Bonchev–Trinajstić information content (AvgIpc) is 2.74. The molecule has 0 unspecified atom stereocenters. The summed E-state index contributed by atoms with van der Waals surface area (Å²) in [5.41, 5.74) is 0.999. The molecule has 0 atom stereocenters. The standard InChI is InChI=1S/C9H13N3.CH4O/c1-8-6-10-7-9(11-8)12-4-2-3-5-12;1-2/h6-7H,2-5H2,1H3;2H,1H3. The fourth-order valence-electron chi connectivity index (χ4n) is 1.55. The molecule has 4 nitrogen and oxygen atoms in total. The van der Waals surface area contributed by atoms with Crippen LogP contribution < -0.4 is 4.90 Å². The first-order chi connectivity index (χ1) is 6.86. The van der Waals surface area contributed by atoms with E-state index in [0.717, 1.165) is 31.7 Å². The molecule has 0 spiro atoms. The Hall–Kier alpha value is -1.16. The lowest BCUT2D eigenvalue weighted by molar-refractivity contribution is 0.399. The third kappa shape index (κ3) is 2.67. The van der Waals surface area contributed by atoms with Crippen molar-refractivity contribution in [2.75, 3.05) is 25.1 Å². The second kappa shape index (κ2) is 5.54. The molecule has 1 N–H and O–H groups in total. The van der Waals surface area contributed by atoms with Gasteiger partial charge in [-0.3, -0.25) is 4.98 Å². The molecule has 0 bridgehead atoms. The van der Waals surface area contributed by atoms with Gasteiger partial charge in [-0.05, 0) is 19.8 Å². The van der Waals surface area contributed by atoms with Crippen molar-refractivity contribution in [1.29, 1.82) is 0 Å². The van der Waals surface area contributed by atoms with Crippen LogP contribution in [0.1, 0.15) is 18.5 Å². The average molecular weight is 195 g/mol. The molecule has 1 aliphatic heterocycles. The summed E-state index contributed by atoms with van der Waals surface area (Å²) in [5.74, 6) is 1.03. The maximum atomic E-state index is 7.00. The SMILES string of the molecule is CO.Cc1cncc(N2CCCC2)n1. The van der Waals surface area contributed by atoms with Gasteiger partial charge in [-0.2, -0.15) is 0 Å². The summed E-state index contributed by atoms with van der Waals surface area (Å²) in [4.78, 5) is 10.8. The summed E-state index contributed by atoms with van der Waals surface area (Å²) in [6.07, 6.45) is 6.21. The minimum atomic E-state index is 0.999. The third-order valence-electron chi connectivity index (χ3n) is 2.17. The highest BCUT2D eigenvalue weighted by Crippen LogP contribution is 2.16. The summed E-state index contributed by atoms with van der Waals surface area (Å²) in [7, 11) is 1.00. The molecule has 78 valence electrons. The van der Waals surface area contributed by atoms with E-state index in [1.165, 1.54) is 12.8 Å². The number of rotatable bonds is 1. The van der Waals surface area contributed by atoms with Crippen LogP contribution in [0.5, 0.6) is 0 Å². The molecule has 0 saturated carbocycles. The molecule has 1 saturated heterocycles. The topological polar surface area (TPSA) is 49.3 Å². The van der Waals surface area contributed by atoms with Crippen molar-refractivity contribution < 1.29 is 5.11 Å². The molecule has 0 radical (unpaired) electrons. The first-order valence-corrected chi connectivity index (χ1v) is 4.84. The fourth-order valence-corrected chi connectivity index (χ4v) is 1.55. The lowest BCUT2D eigenvalue weighted by Gasteiger charge is -2.15. The zero-order chi connectivity index (χ0) is 10.4. The van der Waals surface area contributed by atoms with Crippen LogP contribution in [-0.4, -0.2) is 35.3 Å². The van der Waals surface area contributed by atoms with Crippen LogP contribution in [0, 0.1) is 6.92 Å². The minimum absolute atomic E-state index is 0.999. The van der Waals surface area contributed by atoms with Crippen LogP contribution in [0.25, 0.3) is 0 Å². The quantitative estimate of drug-likeness (QED) is 0.726. The predicted molar refractivity (Wildman–Crippen MR) is 56.4 cm³/mol. The highest BCUT2D eigenvalue weighted by atomic mass is 16.2. The van der Waals surface area contributed by atoms with Crippen molar-refractivity contribution in [1.82, 2.24) is 9.97 Å². The van der Waals surface area contributed by atoms with Crippen LogP contribution in [0.15, 0.2) is 12.4 Å². The van der Waals surface area contributed by atoms with Crippen molar-refractivity contribution in [3.05, 3.63) is 18.1 Å². The Labute approximate surface area is 84.6 Å². The maximum Gasteiger partial charge on any atom is 0.147 e. The molecule has 1 aromatic rings. The Kier molecular flexibility index (Phi) is 4.32. The summed E-state index contributed by atoms with van der Waals surface area (Å²) < 4.78 is 0. The van der Waals surface area contributed by atoms with Gasteiger partial charge >= 0.3 is 0 Å². The van der Waals surface area contributed by atoms with Gasteiger partial charge < -0.3 is 10.0 Å². The van der Waals surface area contributed by atoms with E-state index in [0.29, 0.717) is 0 Å². The summed E-state index contributed by atoms with van der Waals surface area (Å²) >= 11 is 0. The van der Waals surface area contributed by atoms with Gasteiger partial charge in [-0.15, -0.1) is 0 Å². The molecule has 1 aromatic heterocycles. The number of hydrogen-bond acceptors (Lipinski definition) is 4. The molecule has 1 fully saturated rings. The van der Waals surface area contributed by atoms with Crippen LogP contribution >= 0.6 is 0 Å². The van der Waals surface area contributed by atoms with Gasteiger partial charge in [-0.1, -0.05) is 0 Å². The van der Waals surface area contributed by atoms with Gasteiger partial charge in [0, 0.05) is 26.4 Å². The van der Waals surface area contributed by atoms with E-state index in [2.05, 4.69) is 14.9 Å². The zero-order valence-corrected chi connectivity index (χ0v) is 8.77. The molecule has 2 rings (SSSR count). The Morgan fingerprint density at radius 3 is 2.43 bits per heavy atom. The monoisotopic (exact) mass is 195 g/mol. The molecular formula is C10H17N3O. The van der Waals surface area contributed by atoms with E-state index in [-0.39, 0.29) is 0 Å².